The minimum atomic E-state index is -0.586. The van der Waals surface area contributed by atoms with E-state index >= 15 is 0 Å². The molecule has 0 spiro atoms. The van der Waals surface area contributed by atoms with Crippen molar-refractivity contribution in [3.8, 4) is 0 Å². The maximum absolute atomic E-state index is 12.4. The van der Waals surface area contributed by atoms with Crippen LogP contribution in [0.15, 0.2) is 0 Å². The van der Waals surface area contributed by atoms with Gasteiger partial charge in [-0.2, -0.15) is 0 Å². The van der Waals surface area contributed by atoms with Crippen molar-refractivity contribution in [3.05, 3.63) is 0 Å². The van der Waals surface area contributed by atoms with Gasteiger partial charge in [0.05, 0.1) is 6.61 Å². The molecule has 1 fully saturated rings. The zero-order valence-electron chi connectivity index (χ0n) is 14.5. The van der Waals surface area contributed by atoms with E-state index in [2.05, 4.69) is 5.32 Å². The lowest BCUT2D eigenvalue weighted by Crippen LogP contribution is -2.56. The molecule has 1 aliphatic heterocycles. The van der Waals surface area contributed by atoms with Crippen LogP contribution in [0.2, 0.25) is 0 Å². The largest absolute Gasteiger partial charge is 0.450 e. The first-order valence-corrected chi connectivity index (χ1v) is 8.20. The molecule has 0 radical (unpaired) electrons. The number of urea groups is 1. The average Bonchev–Trinajstić information content (AvgIpc) is 2.55. The summed E-state index contributed by atoms with van der Waals surface area (Å²) in [6.45, 7) is 10.6. The topological polar surface area (TPSA) is 82.2 Å². The zero-order valence-corrected chi connectivity index (χ0v) is 14.5. The van der Waals surface area contributed by atoms with Gasteiger partial charge in [0, 0.05) is 39.3 Å². The first-order chi connectivity index (χ1) is 10.9. The van der Waals surface area contributed by atoms with Crippen molar-refractivity contribution in [2.24, 2.45) is 0 Å². The van der Waals surface area contributed by atoms with E-state index in [-0.39, 0.29) is 18.0 Å². The number of carbonyl (C=O) groups is 3. The predicted molar refractivity (Wildman–Crippen MR) is 86.1 cm³/mol. The highest BCUT2D eigenvalue weighted by atomic mass is 16.6. The molecule has 0 aliphatic carbocycles. The van der Waals surface area contributed by atoms with Crippen LogP contribution in [0, 0.1) is 0 Å². The Morgan fingerprint density at radius 1 is 1.04 bits per heavy atom. The summed E-state index contributed by atoms with van der Waals surface area (Å²) in [6.07, 6.45) is -0.345. The molecule has 0 bridgehead atoms. The number of nitrogens with zero attached hydrogens (tertiary/aromatic N) is 3. The molecule has 132 valence electrons. The van der Waals surface area contributed by atoms with Gasteiger partial charge in [-0.15, -0.1) is 0 Å². The molecule has 0 unspecified atom stereocenters. The van der Waals surface area contributed by atoms with Crippen LogP contribution < -0.4 is 5.32 Å². The van der Waals surface area contributed by atoms with E-state index in [1.165, 1.54) is 0 Å². The fourth-order valence-electron chi connectivity index (χ4n) is 2.45. The van der Waals surface area contributed by atoms with E-state index in [9.17, 15) is 14.4 Å². The smallest absolute Gasteiger partial charge is 0.409 e. The standard InChI is InChI=1S/C15H28N4O4/c1-5-17(6-2)14(21)16-12(4)13(20)18-8-10-19(11-9-18)15(22)23-7-3/h12H,5-11H2,1-4H3,(H,16,21)/t12-/m1/s1. The van der Waals surface area contributed by atoms with Gasteiger partial charge >= 0.3 is 12.1 Å². The number of carbonyl (C=O) groups excluding carboxylic acids is 3. The molecule has 8 heteroatoms. The predicted octanol–water partition coefficient (Wildman–Crippen LogP) is 0.727. The number of ether oxygens (including phenoxy) is 1. The molecule has 4 amide bonds. The Morgan fingerprint density at radius 2 is 1.57 bits per heavy atom. The Kier molecular flexibility index (Phi) is 7.64. The molecule has 0 aromatic rings. The first-order valence-electron chi connectivity index (χ1n) is 8.20. The normalized spacial score (nSPS) is 15.8. The summed E-state index contributed by atoms with van der Waals surface area (Å²) in [4.78, 5) is 40.9. The van der Waals surface area contributed by atoms with E-state index < -0.39 is 6.04 Å². The number of amides is 4. The molecule has 0 aromatic carbocycles. The molecule has 8 nitrogen and oxygen atoms in total. The third-order valence-electron chi connectivity index (χ3n) is 3.88. The second kappa shape index (κ2) is 9.22. The number of hydrogen-bond acceptors (Lipinski definition) is 4. The lowest BCUT2D eigenvalue weighted by molar-refractivity contribution is -0.134. The second-order valence-corrected chi connectivity index (χ2v) is 5.35. The van der Waals surface area contributed by atoms with Gasteiger partial charge in [0.15, 0.2) is 0 Å². The summed E-state index contributed by atoms with van der Waals surface area (Å²) in [5, 5.41) is 2.72. The van der Waals surface area contributed by atoms with Crippen molar-refractivity contribution in [2.75, 3.05) is 45.9 Å². The highest BCUT2D eigenvalue weighted by molar-refractivity contribution is 5.87. The Labute approximate surface area is 137 Å². The van der Waals surface area contributed by atoms with E-state index in [0.29, 0.717) is 45.9 Å². The van der Waals surface area contributed by atoms with Gasteiger partial charge in [0.2, 0.25) is 5.91 Å². The Balaban J connectivity index is 2.46. The van der Waals surface area contributed by atoms with Gasteiger partial charge in [-0.05, 0) is 27.7 Å². The Morgan fingerprint density at radius 3 is 2.04 bits per heavy atom. The third-order valence-corrected chi connectivity index (χ3v) is 3.88. The van der Waals surface area contributed by atoms with Crippen LogP contribution in [0.25, 0.3) is 0 Å². The van der Waals surface area contributed by atoms with Gasteiger partial charge in [-0.1, -0.05) is 0 Å². The summed E-state index contributed by atoms with van der Waals surface area (Å²) in [6, 6.07) is -0.821. The minimum absolute atomic E-state index is 0.131. The van der Waals surface area contributed by atoms with Gasteiger partial charge in [0.1, 0.15) is 6.04 Å². The molecule has 0 saturated carbocycles. The summed E-state index contributed by atoms with van der Waals surface area (Å²) >= 11 is 0. The quantitative estimate of drug-likeness (QED) is 0.806. The Bertz CT molecular complexity index is 418. The Hall–Kier alpha value is -1.99. The highest BCUT2D eigenvalue weighted by Gasteiger charge is 2.28. The fourth-order valence-corrected chi connectivity index (χ4v) is 2.45. The highest BCUT2D eigenvalue weighted by Crippen LogP contribution is 2.06. The van der Waals surface area contributed by atoms with Crippen molar-refractivity contribution >= 4 is 18.0 Å². The third kappa shape index (κ3) is 5.30. The van der Waals surface area contributed by atoms with Crippen LogP contribution in [0.5, 0.6) is 0 Å². The van der Waals surface area contributed by atoms with Crippen molar-refractivity contribution < 1.29 is 19.1 Å². The zero-order chi connectivity index (χ0) is 17.4. The van der Waals surface area contributed by atoms with Crippen LogP contribution in [-0.4, -0.2) is 84.6 Å². The van der Waals surface area contributed by atoms with Crippen LogP contribution in [0.4, 0.5) is 9.59 Å². The summed E-state index contributed by atoms with van der Waals surface area (Å²) in [5.41, 5.74) is 0. The monoisotopic (exact) mass is 328 g/mol. The molecular weight excluding hydrogens is 300 g/mol. The molecule has 1 N–H and O–H groups in total. The SMILES string of the molecule is CCOC(=O)N1CCN(C(=O)[C@@H](C)NC(=O)N(CC)CC)CC1. The molecule has 1 rings (SSSR count). The van der Waals surface area contributed by atoms with E-state index in [1.807, 2.05) is 13.8 Å². The van der Waals surface area contributed by atoms with Crippen molar-refractivity contribution in [3.63, 3.8) is 0 Å². The summed E-state index contributed by atoms with van der Waals surface area (Å²) in [5.74, 6) is -0.131. The second-order valence-electron chi connectivity index (χ2n) is 5.35. The van der Waals surface area contributed by atoms with E-state index in [1.54, 1.807) is 28.5 Å². The maximum Gasteiger partial charge on any atom is 0.409 e. The number of nitrogens with one attached hydrogen (secondary N) is 1. The summed E-state index contributed by atoms with van der Waals surface area (Å²) in [7, 11) is 0. The molecule has 1 aliphatic rings. The van der Waals surface area contributed by atoms with Crippen LogP contribution in [-0.2, 0) is 9.53 Å². The fraction of sp³-hybridized carbons (Fsp3) is 0.800. The van der Waals surface area contributed by atoms with Crippen molar-refractivity contribution in [1.82, 2.24) is 20.0 Å². The van der Waals surface area contributed by atoms with Crippen molar-refractivity contribution in [2.45, 2.75) is 33.7 Å². The average molecular weight is 328 g/mol. The lowest BCUT2D eigenvalue weighted by Gasteiger charge is -2.35. The number of rotatable bonds is 5. The number of hydrogen-bond donors (Lipinski definition) is 1. The number of piperazine rings is 1. The molecule has 1 atom stereocenters. The molecule has 23 heavy (non-hydrogen) atoms. The first kappa shape index (κ1) is 19.1. The maximum atomic E-state index is 12.4. The molecular formula is C15H28N4O4. The van der Waals surface area contributed by atoms with Crippen LogP contribution >= 0.6 is 0 Å². The summed E-state index contributed by atoms with van der Waals surface area (Å²) < 4.78 is 4.95. The minimum Gasteiger partial charge on any atom is -0.450 e. The molecule has 1 saturated heterocycles. The lowest BCUT2D eigenvalue weighted by atomic mass is 10.2. The molecule has 1 heterocycles. The van der Waals surface area contributed by atoms with Gasteiger partial charge in [-0.3, -0.25) is 4.79 Å². The van der Waals surface area contributed by atoms with Gasteiger partial charge in [-0.25, -0.2) is 9.59 Å². The van der Waals surface area contributed by atoms with Crippen molar-refractivity contribution in [1.29, 1.82) is 0 Å². The van der Waals surface area contributed by atoms with Gasteiger partial charge in [0.25, 0.3) is 0 Å². The van der Waals surface area contributed by atoms with E-state index in [0.717, 1.165) is 0 Å². The molecule has 0 aromatic heterocycles. The van der Waals surface area contributed by atoms with Crippen LogP contribution in [0.1, 0.15) is 27.7 Å². The van der Waals surface area contributed by atoms with Crippen LogP contribution in [0.3, 0.4) is 0 Å². The van der Waals surface area contributed by atoms with E-state index in [4.69, 9.17) is 4.74 Å². The van der Waals surface area contributed by atoms with Gasteiger partial charge < -0.3 is 24.8 Å².